The first-order valence-electron chi connectivity index (χ1n) is 13.5. The molecule has 4 bridgehead atoms. The molecule has 4 fully saturated rings. The van der Waals surface area contributed by atoms with Gasteiger partial charge in [0.15, 0.2) is 0 Å². The molecule has 4 saturated carbocycles. The Morgan fingerprint density at radius 1 is 1.06 bits per heavy atom. The van der Waals surface area contributed by atoms with E-state index < -0.39 is 0 Å². The smallest absolute Gasteiger partial charge is 0.317 e. The SMILES string of the molecule is CCCCCN(CCC12CC3CC(CC(C3)C1)C2)C(=O)NCC(CC)Cc1ccncc1. The molecule has 178 valence electrons. The van der Waals surface area contributed by atoms with E-state index in [1.165, 1.54) is 63.4 Å². The van der Waals surface area contributed by atoms with Crippen LogP contribution >= 0.6 is 0 Å². The second-order valence-corrected chi connectivity index (χ2v) is 11.4. The highest BCUT2D eigenvalue weighted by Crippen LogP contribution is 2.61. The third-order valence-electron chi connectivity index (χ3n) is 8.79. The molecule has 4 aliphatic carbocycles. The van der Waals surface area contributed by atoms with Crippen molar-refractivity contribution in [2.45, 2.75) is 90.9 Å². The zero-order chi connectivity index (χ0) is 22.4. The Kier molecular flexibility index (Phi) is 8.12. The van der Waals surface area contributed by atoms with Crippen LogP contribution in [-0.2, 0) is 6.42 Å². The van der Waals surface area contributed by atoms with Crippen LogP contribution < -0.4 is 5.32 Å². The Bertz CT molecular complexity index is 683. The normalized spacial score (nSPS) is 29.1. The molecule has 1 aromatic heterocycles. The van der Waals surface area contributed by atoms with Crippen molar-refractivity contribution in [3.63, 3.8) is 0 Å². The lowest BCUT2D eigenvalue weighted by Crippen LogP contribution is -2.49. The third kappa shape index (κ3) is 6.05. The van der Waals surface area contributed by atoms with Gasteiger partial charge in [-0.05, 0) is 105 Å². The van der Waals surface area contributed by atoms with Crippen LogP contribution in [0.25, 0.3) is 0 Å². The van der Waals surface area contributed by atoms with E-state index >= 15 is 0 Å². The molecule has 0 spiro atoms. The van der Waals surface area contributed by atoms with E-state index in [0.717, 1.165) is 56.7 Å². The summed E-state index contributed by atoms with van der Waals surface area (Å²) in [5, 5.41) is 3.31. The van der Waals surface area contributed by atoms with Gasteiger partial charge in [0.05, 0.1) is 0 Å². The monoisotopic (exact) mass is 439 g/mol. The van der Waals surface area contributed by atoms with E-state index in [1.807, 2.05) is 12.4 Å². The van der Waals surface area contributed by atoms with Crippen LogP contribution in [0, 0.1) is 29.1 Å². The molecule has 4 nitrogen and oxygen atoms in total. The van der Waals surface area contributed by atoms with Crippen molar-refractivity contribution in [2.24, 2.45) is 29.1 Å². The van der Waals surface area contributed by atoms with Gasteiger partial charge < -0.3 is 10.2 Å². The quantitative estimate of drug-likeness (QED) is 0.380. The minimum atomic E-state index is 0.166. The molecular weight excluding hydrogens is 394 g/mol. The maximum absolute atomic E-state index is 13.2. The first kappa shape index (κ1) is 23.6. The molecule has 0 radical (unpaired) electrons. The fourth-order valence-corrected chi connectivity index (χ4v) is 7.39. The van der Waals surface area contributed by atoms with E-state index in [1.54, 1.807) is 0 Å². The topological polar surface area (TPSA) is 45.2 Å². The van der Waals surface area contributed by atoms with Crippen molar-refractivity contribution in [3.8, 4) is 0 Å². The van der Waals surface area contributed by atoms with Crippen LogP contribution in [0.5, 0.6) is 0 Å². The molecule has 4 aliphatic rings. The predicted octanol–water partition coefficient (Wildman–Crippen LogP) is 6.46. The third-order valence-corrected chi connectivity index (χ3v) is 8.79. The number of urea groups is 1. The summed E-state index contributed by atoms with van der Waals surface area (Å²) in [4.78, 5) is 19.5. The Labute approximate surface area is 195 Å². The van der Waals surface area contributed by atoms with Crippen LogP contribution in [0.3, 0.4) is 0 Å². The van der Waals surface area contributed by atoms with E-state index in [-0.39, 0.29) is 6.03 Å². The molecule has 0 aromatic carbocycles. The summed E-state index contributed by atoms with van der Waals surface area (Å²) >= 11 is 0. The maximum Gasteiger partial charge on any atom is 0.317 e. The first-order chi connectivity index (χ1) is 15.6. The highest BCUT2D eigenvalue weighted by molar-refractivity contribution is 5.74. The summed E-state index contributed by atoms with van der Waals surface area (Å²) in [5.41, 5.74) is 1.86. The Hall–Kier alpha value is -1.58. The summed E-state index contributed by atoms with van der Waals surface area (Å²) in [6, 6.07) is 4.35. The van der Waals surface area contributed by atoms with E-state index in [9.17, 15) is 4.79 Å². The molecule has 4 heteroatoms. The average Bonchev–Trinajstić information content (AvgIpc) is 2.78. The first-order valence-corrected chi connectivity index (χ1v) is 13.5. The summed E-state index contributed by atoms with van der Waals surface area (Å²) < 4.78 is 0. The summed E-state index contributed by atoms with van der Waals surface area (Å²) in [6.07, 6.45) is 19.4. The molecule has 0 aliphatic heterocycles. The fourth-order valence-electron chi connectivity index (χ4n) is 7.39. The molecule has 1 heterocycles. The number of carbonyl (C=O) groups is 1. The number of hydrogen-bond acceptors (Lipinski definition) is 2. The Morgan fingerprint density at radius 2 is 1.72 bits per heavy atom. The summed E-state index contributed by atoms with van der Waals surface area (Å²) in [5.74, 6) is 3.44. The number of nitrogens with zero attached hydrogens (tertiary/aromatic N) is 2. The largest absolute Gasteiger partial charge is 0.338 e. The van der Waals surface area contributed by atoms with Gasteiger partial charge >= 0.3 is 6.03 Å². The van der Waals surface area contributed by atoms with Crippen molar-refractivity contribution >= 4 is 6.03 Å². The standard InChI is InChI=1S/C28H45N3O/c1-3-5-6-12-31(13-9-28-18-24-15-25(19-28)17-26(16-24)20-28)27(32)30-21-22(4-2)14-23-7-10-29-11-8-23/h7-8,10-11,22,24-26H,3-6,9,12-21H2,1-2H3,(H,30,32). The van der Waals surface area contributed by atoms with Gasteiger partial charge in [0.2, 0.25) is 0 Å². The minimum absolute atomic E-state index is 0.166. The summed E-state index contributed by atoms with van der Waals surface area (Å²) in [7, 11) is 0. The molecular formula is C28H45N3O. The average molecular weight is 440 g/mol. The number of nitrogens with one attached hydrogen (secondary N) is 1. The Morgan fingerprint density at radius 3 is 2.31 bits per heavy atom. The molecule has 1 N–H and O–H groups in total. The molecule has 0 saturated heterocycles. The van der Waals surface area contributed by atoms with Gasteiger partial charge in [-0.2, -0.15) is 0 Å². The number of hydrogen-bond donors (Lipinski definition) is 1. The summed E-state index contributed by atoms with van der Waals surface area (Å²) in [6.45, 7) is 7.09. The zero-order valence-corrected chi connectivity index (χ0v) is 20.5. The van der Waals surface area contributed by atoms with Gasteiger partial charge in [-0.25, -0.2) is 4.79 Å². The second-order valence-electron chi connectivity index (χ2n) is 11.4. The molecule has 1 aromatic rings. The van der Waals surface area contributed by atoms with Gasteiger partial charge in [0, 0.05) is 32.0 Å². The van der Waals surface area contributed by atoms with E-state index in [4.69, 9.17) is 0 Å². The van der Waals surface area contributed by atoms with Gasteiger partial charge in [0.1, 0.15) is 0 Å². The molecule has 2 amide bonds. The van der Waals surface area contributed by atoms with Crippen molar-refractivity contribution in [1.82, 2.24) is 15.2 Å². The highest BCUT2D eigenvalue weighted by Gasteiger charge is 2.50. The molecule has 32 heavy (non-hydrogen) atoms. The lowest BCUT2D eigenvalue weighted by Gasteiger charge is -2.57. The maximum atomic E-state index is 13.2. The van der Waals surface area contributed by atoms with Gasteiger partial charge in [0.25, 0.3) is 0 Å². The van der Waals surface area contributed by atoms with E-state index in [2.05, 4.69) is 41.2 Å². The van der Waals surface area contributed by atoms with Crippen LogP contribution in [0.2, 0.25) is 0 Å². The minimum Gasteiger partial charge on any atom is -0.338 e. The molecule has 5 rings (SSSR count). The van der Waals surface area contributed by atoms with Crippen molar-refractivity contribution in [3.05, 3.63) is 30.1 Å². The van der Waals surface area contributed by atoms with E-state index in [0.29, 0.717) is 11.3 Å². The number of unbranched alkanes of at least 4 members (excludes halogenated alkanes) is 2. The number of rotatable bonds is 12. The fraction of sp³-hybridized carbons (Fsp3) is 0.786. The van der Waals surface area contributed by atoms with Gasteiger partial charge in [-0.15, -0.1) is 0 Å². The zero-order valence-electron chi connectivity index (χ0n) is 20.5. The lowest BCUT2D eigenvalue weighted by molar-refractivity contribution is -0.0596. The van der Waals surface area contributed by atoms with Crippen LogP contribution in [0.4, 0.5) is 4.79 Å². The predicted molar refractivity (Wildman–Crippen MR) is 131 cm³/mol. The van der Waals surface area contributed by atoms with Gasteiger partial charge in [-0.1, -0.05) is 33.1 Å². The Balaban J connectivity index is 1.30. The van der Waals surface area contributed by atoms with Gasteiger partial charge in [-0.3, -0.25) is 4.98 Å². The number of amides is 2. The number of carbonyl (C=O) groups excluding carboxylic acids is 1. The van der Waals surface area contributed by atoms with Crippen LogP contribution in [-0.4, -0.2) is 35.5 Å². The lowest BCUT2D eigenvalue weighted by atomic mass is 9.49. The van der Waals surface area contributed by atoms with Crippen LogP contribution in [0.15, 0.2) is 24.5 Å². The van der Waals surface area contributed by atoms with Crippen molar-refractivity contribution in [1.29, 1.82) is 0 Å². The molecule has 1 atom stereocenters. The molecule has 1 unspecified atom stereocenters. The highest BCUT2D eigenvalue weighted by atomic mass is 16.2. The van der Waals surface area contributed by atoms with Crippen molar-refractivity contribution in [2.75, 3.05) is 19.6 Å². The number of pyridine rings is 1. The van der Waals surface area contributed by atoms with Crippen molar-refractivity contribution < 1.29 is 4.79 Å². The second kappa shape index (κ2) is 11.0. The van der Waals surface area contributed by atoms with Crippen LogP contribution in [0.1, 0.15) is 90.0 Å². The number of aromatic nitrogens is 1.